The number of aromatic nitrogens is 3. The molecule has 4 heterocycles. The van der Waals surface area contributed by atoms with Gasteiger partial charge in [-0.25, -0.2) is 9.98 Å². The predicted molar refractivity (Wildman–Crippen MR) is 79.1 cm³/mol. The maximum Gasteiger partial charge on any atom is 0.160 e. The van der Waals surface area contributed by atoms with Gasteiger partial charge in [-0.15, -0.1) is 0 Å². The fourth-order valence-electron chi connectivity index (χ4n) is 2.34. The van der Waals surface area contributed by atoms with Crippen LogP contribution in [0.1, 0.15) is 0 Å². The van der Waals surface area contributed by atoms with Crippen LogP contribution in [0.25, 0.3) is 11.5 Å². The Bertz CT molecular complexity index is 729. The van der Waals surface area contributed by atoms with Crippen molar-refractivity contribution in [1.29, 1.82) is 0 Å². The molecule has 2 aliphatic heterocycles. The summed E-state index contributed by atoms with van der Waals surface area (Å²) in [4.78, 5) is 14.8. The van der Waals surface area contributed by atoms with Gasteiger partial charge in [0, 0.05) is 30.9 Å². The van der Waals surface area contributed by atoms with Crippen LogP contribution in [-0.2, 0) is 6.67 Å². The lowest BCUT2D eigenvalue weighted by atomic mass is 10.3. The molecule has 0 amide bonds. The maximum atomic E-state index is 4.55. The van der Waals surface area contributed by atoms with E-state index in [9.17, 15) is 0 Å². The van der Waals surface area contributed by atoms with Crippen LogP contribution in [0.15, 0.2) is 59.2 Å². The van der Waals surface area contributed by atoms with E-state index in [1.54, 1.807) is 24.9 Å². The Labute approximate surface area is 121 Å². The highest BCUT2D eigenvalue weighted by molar-refractivity contribution is 6.02. The molecule has 0 saturated heterocycles. The first-order valence-corrected chi connectivity index (χ1v) is 6.63. The summed E-state index contributed by atoms with van der Waals surface area (Å²) in [5, 5.41) is 6.51. The third kappa shape index (κ3) is 2.18. The maximum absolute atomic E-state index is 4.55. The monoisotopic (exact) mass is 279 g/mol. The van der Waals surface area contributed by atoms with E-state index in [4.69, 9.17) is 0 Å². The van der Waals surface area contributed by atoms with Gasteiger partial charge in [0.25, 0.3) is 0 Å². The number of rotatable bonds is 3. The number of hydrogen-bond acceptors (Lipinski definition) is 6. The zero-order chi connectivity index (χ0) is 14.1. The molecule has 2 aromatic heterocycles. The molecule has 2 aromatic rings. The molecular formula is C14H13N7. The molecule has 0 aliphatic carbocycles. The summed E-state index contributed by atoms with van der Waals surface area (Å²) >= 11 is 0. The second kappa shape index (κ2) is 4.86. The molecule has 0 fully saturated rings. The van der Waals surface area contributed by atoms with E-state index in [-0.39, 0.29) is 0 Å². The number of hydrazone groups is 1. The smallest absolute Gasteiger partial charge is 0.160 e. The molecular weight excluding hydrogens is 266 g/mol. The van der Waals surface area contributed by atoms with Crippen molar-refractivity contribution in [3.8, 4) is 11.5 Å². The van der Waals surface area contributed by atoms with Gasteiger partial charge in [0.05, 0.1) is 6.34 Å². The highest BCUT2D eigenvalue weighted by Crippen LogP contribution is 2.17. The van der Waals surface area contributed by atoms with Crippen LogP contribution >= 0.6 is 0 Å². The Morgan fingerprint density at radius 2 is 2.14 bits per heavy atom. The van der Waals surface area contributed by atoms with E-state index in [1.165, 1.54) is 0 Å². The van der Waals surface area contributed by atoms with Crippen LogP contribution in [0.4, 0.5) is 0 Å². The van der Waals surface area contributed by atoms with Crippen LogP contribution in [0, 0.1) is 0 Å². The first-order chi connectivity index (χ1) is 10.4. The van der Waals surface area contributed by atoms with Gasteiger partial charge in [0.2, 0.25) is 0 Å². The van der Waals surface area contributed by atoms with E-state index in [0.29, 0.717) is 13.3 Å². The van der Waals surface area contributed by atoms with Crippen LogP contribution in [0.3, 0.4) is 0 Å². The lowest BCUT2D eigenvalue weighted by Crippen LogP contribution is -2.30. The average molecular weight is 279 g/mol. The standard InChI is InChI=1S/C14H13N7/c1-2-5-16-12(3-1)14-17-7-8-19(14)10-21-11-20-9-15-6-4-13(20)18-21/h1-9H,10-11H2. The van der Waals surface area contributed by atoms with Crippen LogP contribution < -0.4 is 0 Å². The molecule has 0 atom stereocenters. The van der Waals surface area contributed by atoms with Crippen molar-refractivity contribution in [2.45, 2.75) is 6.67 Å². The molecule has 0 bridgehead atoms. The summed E-state index contributed by atoms with van der Waals surface area (Å²) in [5.41, 5.74) is 0.855. The van der Waals surface area contributed by atoms with Crippen molar-refractivity contribution in [3.63, 3.8) is 0 Å². The van der Waals surface area contributed by atoms with E-state index in [1.807, 2.05) is 44.9 Å². The lowest BCUT2D eigenvalue weighted by molar-refractivity contribution is 0.220. The largest absolute Gasteiger partial charge is 0.310 e. The zero-order valence-electron chi connectivity index (χ0n) is 11.2. The molecule has 104 valence electrons. The zero-order valence-corrected chi connectivity index (χ0v) is 11.2. The molecule has 0 unspecified atom stereocenters. The fourth-order valence-corrected chi connectivity index (χ4v) is 2.34. The minimum absolute atomic E-state index is 0.619. The Hall–Kier alpha value is -2.96. The Morgan fingerprint density at radius 3 is 3.00 bits per heavy atom. The number of imidazole rings is 1. The van der Waals surface area contributed by atoms with Gasteiger partial charge in [-0.05, 0) is 12.1 Å². The normalized spacial score (nSPS) is 16.3. The molecule has 2 aliphatic rings. The van der Waals surface area contributed by atoms with E-state index < -0.39 is 0 Å². The lowest BCUT2D eigenvalue weighted by Gasteiger charge is -2.18. The van der Waals surface area contributed by atoms with Gasteiger partial charge in [0.1, 0.15) is 19.0 Å². The number of hydrogen-bond donors (Lipinski definition) is 0. The molecule has 0 spiro atoms. The third-order valence-corrected chi connectivity index (χ3v) is 3.29. The number of nitrogens with zero attached hydrogens (tertiary/aromatic N) is 7. The van der Waals surface area contributed by atoms with Crippen molar-refractivity contribution in [1.82, 2.24) is 24.4 Å². The van der Waals surface area contributed by atoms with Crippen LogP contribution in [0.2, 0.25) is 0 Å². The molecule has 0 aromatic carbocycles. The molecule has 0 saturated carbocycles. The van der Waals surface area contributed by atoms with Crippen LogP contribution in [0.5, 0.6) is 0 Å². The SMILES string of the molecule is C1=CC2=NN(Cn3ccnc3-c3ccccn3)CN2C=N1. The molecule has 7 heteroatoms. The van der Waals surface area contributed by atoms with Crippen molar-refractivity contribution in [3.05, 3.63) is 49.1 Å². The van der Waals surface area contributed by atoms with Crippen molar-refractivity contribution in [2.75, 3.05) is 6.67 Å². The Balaban J connectivity index is 1.57. The van der Waals surface area contributed by atoms with Gasteiger partial charge in [-0.2, -0.15) is 5.10 Å². The Kier molecular flexibility index (Phi) is 2.74. The first-order valence-electron chi connectivity index (χ1n) is 6.63. The number of fused-ring (bicyclic) bond motifs is 1. The van der Waals surface area contributed by atoms with Gasteiger partial charge < -0.3 is 4.57 Å². The van der Waals surface area contributed by atoms with Crippen molar-refractivity contribution < 1.29 is 0 Å². The van der Waals surface area contributed by atoms with Crippen LogP contribution in [-0.4, -0.2) is 43.3 Å². The Morgan fingerprint density at radius 1 is 1.14 bits per heavy atom. The molecule has 0 N–H and O–H groups in total. The van der Waals surface area contributed by atoms with Gasteiger partial charge in [-0.3, -0.25) is 14.9 Å². The van der Waals surface area contributed by atoms with E-state index in [2.05, 4.69) is 20.1 Å². The first kappa shape index (κ1) is 11.8. The highest BCUT2D eigenvalue weighted by atomic mass is 15.6. The summed E-state index contributed by atoms with van der Waals surface area (Å²) in [6, 6.07) is 5.80. The molecule has 4 rings (SSSR count). The van der Waals surface area contributed by atoms with E-state index >= 15 is 0 Å². The van der Waals surface area contributed by atoms with Gasteiger partial charge in [0.15, 0.2) is 11.7 Å². The number of aliphatic imine (C=N–C) groups is 1. The second-order valence-electron chi connectivity index (χ2n) is 4.73. The summed E-state index contributed by atoms with van der Waals surface area (Å²) in [7, 11) is 0. The van der Waals surface area contributed by atoms with Crippen molar-refractivity contribution >= 4 is 12.2 Å². The minimum atomic E-state index is 0.619. The quantitative estimate of drug-likeness (QED) is 0.850. The minimum Gasteiger partial charge on any atom is -0.310 e. The highest BCUT2D eigenvalue weighted by Gasteiger charge is 2.22. The number of amidine groups is 1. The summed E-state index contributed by atoms with van der Waals surface area (Å²) in [5.74, 6) is 1.74. The average Bonchev–Trinajstić information content (AvgIpc) is 3.14. The topological polar surface area (TPSA) is 61.9 Å². The summed E-state index contributed by atoms with van der Waals surface area (Å²) in [6.45, 7) is 1.30. The fraction of sp³-hybridized carbons (Fsp3) is 0.143. The van der Waals surface area contributed by atoms with Gasteiger partial charge in [-0.1, -0.05) is 6.07 Å². The number of pyridine rings is 1. The van der Waals surface area contributed by atoms with Gasteiger partial charge >= 0.3 is 0 Å². The molecule has 21 heavy (non-hydrogen) atoms. The third-order valence-electron chi connectivity index (χ3n) is 3.29. The van der Waals surface area contributed by atoms with E-state index in [0.717, 1.165) is 17.4 Å². The second-order valence-corrected chi connectivity index (χ2v) is 4.73. The van der Waals surface area contributed by atoms with Crippen molar-refractivity contribution in [2.24, 2.45) is 10.1 Å². The summed E-state index contributed by atoms with van der Waals surface area (Å²) < 4.78 is 2.03. The molecule has 0 radical (unpaired) electrons. The summed E-state index contributed by atoms with van der Waals surface area (Å²) in [6.07, 6.45) is 10.9. The predicted octanol–water partition coefficient (Wildman–Crippen LogP) is 1.35. The molecule has 7 nitrogen and oxygen atoms in total.